The Morgan fingerprint density at radius 2 is 1.57 bits per heavy atom. The molecule has 0 N–H and O–H groups in total. The van der Waals surface area contributed by atoms with Gasteiger partial charge < -0.3 is 9.64 Å². The fraction of sp³-hybridized carbons (Fsp3) is 0.217. The van der Waals surface area contributed by atoms with E-state index in [2.05, 4.69) is 0 Å². The first-order chi connectivity index (χ1) is 13.5. The molecule has 0 aromatic heterocycles. The van der Waals surface area contributed by atoms with Gasteiger partial charge in [0.25, 0.3) is 0 Å². The van der Waals surface area contributed by atoms with Crippen LogP contribution in [-0.2, 0) is 12.8 Å². The van der Waals surface area contributed by atoms with Gasteiger partial charge in [0.15, 0.2) is 17.2 Å². The molecule has 1 aliphatic carbocycles. The molecule has 0 bridgehead atoms. The van der Waals surface area contributed by atoms with Crippen LogP contribution < -0.4 is 9.64 Å². The quantitative estimate of drug-likeness (QED) is 0.554. The van der Waals surface area contributed by atoms with Crippen LogP contribution in [0.25, 0.3) is 0 Å². The number of rotatable bonds is 5. The third kappa shape index (κ3) is 3.44. The Kier molecular flexibility index (Phi) is 4.75. The molecule has 0 saturated carbocycles. The minimum Gasteiger partial charge on any atom is -0.464 e. The summed E-state index contributed by atoms with van der Waals surface area (Å²) in [6, 6.07) is 19.5. The Morgan fingerprint density at radius 3 is 2.32 bits per heavy atom. The van der Waals surface area contributed by atoms with E-state index in [1.165, 1.54) is 24.3 Å². The number of anilines is 1. The summed E-state index contributed by atoms with van der Waals surface area (Å²) >= 11 is 0. The highest BCUT2D eigenvalue weighted by Crippen LogP contribution is 2.40. The smallest absolute Gasteiger partial charge is 0.207 e. The summed E-state index contributed by atoms with van der Waals surface area (Å²) in [6.45, 7) is 0. The van der Waals surface area contributed by atoms with Crippen LogP contribution >= 0.6 is 0 Å². The molecule has 3 aromatic carbocycles. The second kappa shape index (κ2) is 7.23. The Balaban J connectivity index is 1.72. The Bertz CT molecular complexity index is 979. The fourth-order valence-corrected chi connectivity index (χ4v) is 3.79. The lowest BCUT2D eigenvalue weighted by molar-refractivity contribution is 0.0144. The predicted molar refractivity (Wildman–Crippen MR) is 103 cm³/mol. The number of para-hydroxylation sites is 2. The standard InChI is InChI=1S/C23H20F3NO/c1-27(19-7-3-2-4-8-19)22(28-21-10-6-5-9-20(21)25)23(26)14-16-11-12-18(24)13-17(16)15-23/h2-13,22H,14-15H2,1H3. The van der Waals surface area contributed by atoms with Gasteiger partial charge in [-0.3, -0.25) is 0 Å². The number of ether oxygens (including phenoxy) is 1. The summed E-state index contributed by atoms with van der Waals surface area (Å²) in [6.07, 6.45) is -1.03. The minimum absolute atomic E-state index is 0.00359. The highest BCUT2D eigenvalue weighted by Gasteiger charge is 2.48. The molecule has 3 aromatic rings. The summed E-state index contributed by atoms with van der Waals surface area (Å²) in [7, 11) is 1.71. The maximum Gasteiger partial charge on any atom is 0.207 e. The van der Waals surface area contributed by atoms with Crippen LogP contribution in [0.15, 0.2) is 72.8 Å². The van der Waals surface area contributed by atoms with Crippen LogP contribution in [0, 0.1) is 11.6 Å². The summed E-state index contributed by atoms with van der Waals surface area (Å²) in [5.41, 5.74) is 0.254. The van der Waals surface area contributed by atoms with Gasteiger partial charge in [-0.25, -0.2) is 13.2 Å². The molecule has 0 radical (unpaired) electrons. The molecule has 0 amide bonds. The van der Waals surface area contributed by atoms with Crippen LogP contribution in [0.2, 0.25) is 0 Å². The molecular formula is C23H20F3NO. The molecule has 28 heavy (non-hydrogen) atoms. The summed E-state index contributed by atoms with van der Waals surface area (Å²) in [4.78, 5) is 1.66. The number of nitrogens with zero attached hydrogens (tertiary/aromatic N) is 1. The first-order valence-electron chi connectivity index (χ1n) is 9.11. The van der Waals surface area contributed by atoms with Crippen LogP contribution in [-0.4, -0.2) is 18.9 Å². The van der Waals surface area contributed by atoms with E-state index in [1.807, 2.05) is 30.3 Å². The molecule has 0 spiro atoms. The number of fused-ring (bicyclic) bond motifs is 1. The number of alkyl halides is 1. The van der Waals surface area contributed by atoms with Gasteiger partial charge in [0.05, 0.1) is 0 Å². The van der Waals surface area contributed by atoms with E-state index in [0.29, 0.717) is 5.56 Å². The lowest BCUT2D eigenvalue weighted by atomic mass is 9.98. The molecule has 2 nitrogen and oxygen atoms in total. The second-order valence-corrected chi connectivity index (χ2v) is 7.15. The average molecular weight is 383 g/mol. The van der Waals surface area contributed by atoms with Gasteiger partial charge in [0.1, 0.15) is 5.82 Å². The van der Waals surface area contributed by atoms with Crippen molar-refractivity contribution in [1.29, 1.82) is 0 Å². The molecule has 0 saturated heterocycles. The van der Waals surface area contributed by atoms with Crippen molar-refractivity contribution in [2.24, 2.45) is 0 Å². The molecular weight excluding hydrogens is 363 g/mol. The van der Waals surface area contributed by atoms with E-state index >= 15 is 4.39 Å². The number of halogens is 3. The largest absolute Gasteiger partial charge is 0.464 e. The van der Waals surface area contributed by atoms with Gasteiger partial charge in [0, 0.05) is 25.6 Å². The predicted octanol–water partition coefficient (Wildman–Crippen LogP) is 5.31. The highest BCUT2D eigenvalue weighted by atomic mass is 19.1. The molecule has 0 heterocycles. The second-order valence-electron chi connectivity index (χ2n) is 7.15. The van der Waals surface area contributed by atoms with Crippen molar-refractivity contribution in [2.45, 2.75) is 24.7 Å². The van der Waals surface area contributed by atoms with Crippen molar-refractivity contribution in [1.82, 2.24) is 0 Å². The maximum absolute atomic E-state index is 16.2. The Morgan fingerprint density at radius 1 is 0.893 bits per heavy atom. The zero-order chi connectivity index (χ0) is 19.7. The van der Waals surface area contributed by atoms with Crippen molar-refractivity contribution in [2.75, 3.05) is 11.9 Å². The van der Waals surface area contributed by atoms with Crippen molar-refractivity contribution in [3.05, 3.63) is 95.6 Å². The van der Waals surface area contributed by atoms with Gasteiger partial charge in [-0.05, 0) is 47.5 Å². The van der Waals surface area contributed by atoms with Crippen LogP contribution in [0.1, 0.15) is 11.1 Å². The van der Waals surface area contributed by atoms with Crippen LogP contribution in [0.4, 0.5) is 18.9 Å². The zero-order valence-electron chi connectivity index (χ0n) is 15.4. The molecule has 4 rings (SSSR count). The molecule has 2 atom stereocenters. The van der Waals surface area contributed by atoms with E-state index in [-0.39, 0.29) is 18.6 Å². The van der Waals surface area contributed by atoms with Gasteiger partial charge in [0.2, 0.25) is 6.23 Å². The van der Waals surface area contributed by atoms with Crippen molar-refractivity contribution >= 4 is 5.69 Å². The minimum atomic E-state index is -1.84. The van der Waals surface area contributed by atoms with E-state index in [1.54, 1.807) is 30.1 Å². The SMILES string of the molecule is CN(c1ccccc1)C(Oc1ccccc1F)C1(F)Cc2ccc(F)cc2C1. The molecule has 0 fully saturated rings. The van der Waals surface area contributed by atoms with Crippen LogP contribution in [0.5, 0.6) is 5.75 Å². The van der Waals surface area contributed by atoms with E-state index in [4.69, 9.17) is 4.74 Å². The third-order valence-electron chi connectivity index (χ3n) is 5.17. The lowest BCUT2D eigenvalue weighted by Crippen LogP contribution is -2.53. The van der Waals surface area contributed by atoms with Crippen LogP contribution in [0.3, 0.4) is 0 Å². The third-order valence-corrected chi connectivity index (χ3v) is 5.17. The van der Waals surface area contributed by atoms with E-state index in [0.717, 1.165) is 11.3 Å². The highest BCUT2D eigenvalue weighted by molar-refractivity contribution is 5.48. The number of hydrogen-bond acceptors (Lipinski definition) is 2. The normalized spacial score (nSPS) is 19.1. The lowest BCUT2D eigenvalue weighted by Gasteiger charge is -2.38. The van der Waals surface area contributed by atoms with E-state index in [9.17, 15) is 8.78 Å². The van der Waals surface area contributed by atoms with E-state index < -0.39 is 23.5 Å². The van der Waals surface area contributed by atoms with Gasteiger partial charge in [-0.2, -0.15) is 0 Å². The van der Waals surface area contributed by atoms with Crippen molar-refractivity contribution in [3.8, 4) is 5.75 Å². The van der Waals surface area contributed by atoms with Crippen molar-refractivity contribution < 1.29 is 17.9 Å². The first kappa shape index (κ1) is 18.4. The molecule has 0 aliphatic heterocycles. The average Bonchev–Trinajstić information content (AvgIpc) is 3.03. The topological polar surface area (TPSA) is 12.5 Å². The molecule has 1 aliphatic rings. The maximum atomic E-state index is 16.2. The molecule has 5 heteroatoms. The zero-order valence-corrected chi connectivity index (χ0v) is 15.4. The summed E-state index contributed by atoms with van der Waals surface area (Å²) < 4.78 is 50.0. The molecule has 2 unspecified atom stereocenters. The number of hydrogen-bond donors (Lipinski definition) is 0. The van der Waals surface area contributed by atoms with Gasteiger partial charge in [-0.1, -0.05) is 36.4 Å². The first-order valence-corrected chi connectivity index (χ1v) is 9.11. The van der Waals surface area contributed by atoms with Gasteiger partial charge in [-0.15, -0.1) is 0 Å². The van der Waals surface area contributed by atoms with Gasteiger partial charge >= 0.3 is 0 Å². The summed E-state index contributed by atoms with van der Waals surface area (Å²) in [5.74, 6) is -0.973. The summed E-state index contributed by atoms with van der Waals surface area (Å²) in [5, 5.41) is 0. The number of benzene rings is 3. The molecule has 144 valence electrons. The van der Waals surface area contributed by atoms with Crippen molar-refractivity contribution in [3.63, 3.8) is 0 Å². The monoisotopic (exact) mass is 383 g/mol. The Hall–Kier alpha value is -2.95. The fourth-order valence-electron chi connectivity index (χ4n) is 3.79. The Labute approximate surface area is 162 Å².